The first-order chi connectivity index (χ1) is 12.2. The smallest absolute Gasteiger partial charge is 0.319 e. The molecule has 5 nitrogen and oxygen atoms in total. The van der Waals surface area contributed by atoms with Gasteiger partial charge in [-0.1, -0.05) is 43.2 Å². The Bertz CT molecular complexity index is 773. The predicted molar refractivity (Wildman–Crippen MR) is 92.8 cm³/mol. The lowest BCUT2D eigenvalue weighted by atomic mass is 9.95. The number of nitrogens with zero attached hydrogens (tertiary/aromatic N) is 3. The van der Waals surface area contributed by atoms with E-state index in [4.69, 9.17) is 4.74 Å². The Morgan fingerprint density at radius 2 is 1.92 bits per heavy atom. The largest absolute Gasteiger partial charge is 0.465 e. The van der Waals surface area contributed by atoms with Crippen molar-refractivity contribution in [2.45, 2.75) is 55.0 Å². The van der Waals surface area contributed by atoms with Gasteiger partial charge < -0.3 is 4.74 Å². The number of carbonyl (C=O) groups is 1. The van der Waals surface area contributed by atoms with Crippen LogP contribution in [0, 0.1) is 5.82 Å². The van der Waals surface area contributed by atoms with Gasteiger partial charge in [-0.05, 0) is 25.0 Å². The highest BCUT2D eigenvalue weighted by atomic mass is 32.2. The van der Waals surface area contributed by atoms with Crippen LogP contribution in [-0.4, -0.2) is 32.6 Å². The zero-order valence-corrected chi connectivity index (χ0v) is 14.7. The average molecular weight is 361 g/mol. The molecule has 1 aliphatic carbocycles. The van der Waals surface area contributed by atoms with Crippen molar-refractivity contribution in [3.8, 4) is 11.4 Å². The van der Waals surface area contributed by atoms with E-state index >= 15 is 0 Å². The molecule has 1 aliphatic heterocycles. The van der Waals surface area contributed by atoms with Gasteiger partial charge in [0.2, 0.25) is 0 Å². The summed E-state index contributed by atoms with van der Waals surface area (Å²) >= 11 is 1.39. The van der Waals surface area contributed by atoms with Gasteiger partial charge in [0, 0.05) is 12.5 Å². The van der Waals surface area contributed by atoms with Crippen molar-refractivity contribution in [3.63, 3.8) is 0 Å². The first-order valence-corrected chi connectivity index (χ1v) is 9.65. The van der Waals surface area contributed by atoms with Crippen LogP contribution < -0.4 is 0 Å². The van der Waals surface area contributed by atoms with Crippen LogP contribution >= 0.6 is 11.8 Å². The summed E-state index contributed by atoms with van der Waals surface area (Å²) in [5.41, 5.74) is 0.460. The maximum atomic E-state index is 14.3. The first kappa shape index (κ1) is 16.6. The van der Waals surface area contributed by atoms with E-state index in [0.29, 0.717) is 29.6 Å². The Morgan fingerprint density at radius 3 is 2.64 bits per heavy atom. The van der Waals surface area contributed by atoms with Crippen molar-refractivity contribution in [3.05, 3.63) is 30.1 Å². The Hall–Kier alpha value is -1.89. The monoisotopic (exact) mass is 361 g/mol. The SMILES string of the molecule is O=C1OCC[C@H]1Sc1nnc(-c2ccccc2F)n1C1CCCCC1. The molecule has 0 unspecified atom stereocenters. The van der Waals surface area contributed by atoms with Gasteiger partial charge in [0.25, 0.3) is 0 Å². The molecule has 1 atom stereocenters. The quantitative estimate of drug-likeness (QED) is 0.771. The van der Waals surface area contributed by atoms with Gasteiger partial charge in [-0.2, -0.15) is 0 Å². The van der Waals surface area contributed by atoms with Crippen molar-refractivity contribution >= 4 is 17.7 Å². The molecule has 0 amide bonds. The van der Waals surface area contributed by atoms with Gasteiger partial charge >= 0.3 is 5.97 Å². The lowest BCUT2D eigenvalue weighted by Crippen LogP contribution is -2.17. The molecule has 2 aromatic rings. The number of cyclic esters (lactones) is 1. The van der Waals surface area contributed by atoms with E-state index in [0.717, 1.165) is 25.7 Å². The zero-order valence-electron chi connectivity index (χ0n) is 13.9. The summed E-state index contributed by atoms with van der Waals surface area (Å²) in [7, 11) is 0. The van der Waals surface area contributed by atoms with Crippen LogP contribution in [0.3, 0.4) is 0 Å². The van der Waals surface area contributed by atoms with Crippen molar-refractivity contribution in [2.24, 2.45) is 0 Å². The fourth-order valence-electron chi connectivity index (χ4n) is 3.56. The van der Waals surface area contributed by atoms with Crippen molar-refractivity contribution < 1.29 is 13.9 Å². The maximum Gasteiger partial charge on any atom is 0.319 e. The molecule has 2 fully saturated rings. The Labute approximate surface area is 150 Å². The van der Waals surface area contributed by atoms with Crippen molar-refractivity contribution in [1.29, 1.82) is 0 Å². The average Bonchev–Trinajstić information content (AvgIpc) is 3.23. The molecule has 0 N–H and O–H groups in total. The van der Waals surface area contributed by atoms with Gasteiger partial charge in [0.15, 0.2) is 11.0 Å². The van der Waals surface area contributed by atoms with E-state index in [1.807, 2.05) is 4.57 Å². The summed E-state index contributed by atoms with van der Waals surface area (Å²) in [5.74, 6) is 0.0540. The van der Waals surface area contributed by atoms with Crippen LogP contribution in [-0.2, 0) is 9.53 Å². The Morgan fingerprint density at radius 1 is 1.12 bits per heavy atom. The summed E-state index contributed by atoms with van der Waals surface area (Å²) in [5, 5.41) is 9.04. The highest BCUT2D eigenvalue weighted by Gasteiger charge is 2.32. The summed E-state index contributed by atoms with van der Waals surface area (Å²) in [6.07, 6.45) is 6.26. The lowest BCUT2D eigenvalue weighted by Gasteiger charge is -2.26. The van der Waals surface area contributed by atoms with Gasteiger partial charge in [-0.25, -0.2) is 4.39 Å². The molecule has 1 aromatic carbocycles. The number of hydrogen-bond donors (Lipinski definition) is 0. The standard InChI is InChI=1S/C18H20FN3O2S/c19-14-9-5-4-8-13(14)16-20-21-18(25-15-10-11-24-17(15)23)22(16)12-6-2-1-3-7-12/h4-5,8-9,12,15H,1-3,6-7,10-11H2/t15-/m1/s1. The van der Waals surface area contributed by atoms with E-state index in [1.165, 1.54) is 24.2 Å². The van der Waals surface area contributed by atoms with E-state index in [9.17, 15) is 9.18 Å². The number of hydrogen-bond acceptors (Lipinski definition) is 5. The second-order valence-electron chi connectivity index (χ2n) is 6.51. The number of esters is 1. The molecule has 2 heterocycles. The second kappa shape index (κ2) is 7.15. The summed E-state index contributed by atoms with van der Waals surface area (Å²) in [4.78, 5) is 11.8. The molecule has 0 bridgehead atoms. The molecule has 132 valence electrons. The fourth-order valence-corrected chi connectivity index (χ4v) is 4.63. The van der Waals surface area contributed by atoms with Crippen LogP contribution in [0.15, 0.2) is 29.4 Å². The molecule has 1 aromatic heterocycles. The third kappa shape index (κ3) is 3.29. The van der Waals surface area contributed by atoms with Crippen LogP contribution in [0.5, 0.6) is 0 Å². The van der Waals surface area contributed by atoms with Gasteiger partial charge in [0.1, 0.15) is 11.1 Å². The van der Waals surface area contributed by atoms with Gasteiger partial charge in [-0.15, -0.1) is 10.2 Å². The molecule has 25 heavy (non-hydrogen) atoms. The fraction of sp³-hybridized carbons (Fsp3) is 0.500. The molecular formula is C18H20FN3O2S. The predicted octanol–water partition coefficient (Wildman–Crippen LogP) is 4.00. The third-order valence-corrected chi connectivity index (χ3v) is 6.06. The second-order valence-corrected chi connectivity index (χ2v) is 7.68. The number of carbonyl (C=O) groups excluding carboxylic acids is 1. The minimum atomic E-state index is -0.302. The van der Waals surface area contributed by atoms with Crippen LogP contribution in [0.25, 0.3) is 11.4 Å². The van der Waals surface area contributed by atoms with Crippen molar-refractivity contribution in [1.82, 2.24) is 14.8 Å². The van der Waals surface area contributed by atoms with E-state index in [-0.39, 0.29) is 23.1 Å². The number of benzene rings is 1. The van der Waals surface area contributed by atoms with Crippen molar-refractivity contribution in [2.75, 3.05) is 6.61 Å². The minimum absolute atomic E-state index is 0.198. The lowest BCUT2D eigenvalue weighted by molar-refractivity contribution is -0.137. The van der Waals surface area contributed by atoms with E-state index in [2.05, 4.69) is 10.2 Å². The van der Waals surface area contributed by atoms with E-state index < -0.39 is 0 Å². The topological polar surface area (TPSA) is 57.0 Å². The first-order valence-electron chi connectivity index (χ1n) is 8.77. The number of aromatic nitrogens is 3. The molecule has 4 rings (SSSR count). The zero-order chi connectivity index (χ0) is 17.2. The van der Waals surface area contributed by atoms with Crippen LogP contribution in [0.1, 0.15) is 44.6 Å². The number of halogens is 1. The molecular weight excluding hydrogens is 341 g/mol. The number of rotatable bonds is 4. The molecule has 0 radical (unpaired) electrons. The van der Waals surface area contributed by atoms with Gasteiger partial charge in [-0.3, -0.25) is 9.36 Å². The van der Waals surface area contributed by atoms with Gasteiger partial charge in [0.05, 0.1) is 12.2 Å². The Balaban J connectivity index is 1.73. The molecule has 7 heteroatoms. The minimum Gasteiger partial charge on any atom is -0.465 e. The highest BCUT2D eigenvalue weighted by Crippen LogP contribution is 2.38. The van der Waals surface area contributed by atoms with Crippen LogP contribution in [0.4, 0.5) is 4.39 Å². The summed E-state index contributed by atoms with van der Waals surface area (Å²) < 4.78 is 21.4. The highest BCUT2D eigenvalue weighted by molar-refractivity contribution is 8.00. The molecule has 2 aliphatic rings. The summed E-state index contributed by atoms with van der Waals surface area (Å²) in [6, 6.07) is 6.90. The normalized spacial score (nSPS) is 21.5. The van der Waals surface area contributed by atoms with Crippen LogP contribution in [0.2, 0.25) is 0 Å². The number of thioether (sulfide) groups is 1. The molecule has 1 saturated heterocycles. The maximum absolute atomic E-state index is 14.3. The Kier molecular flexibility index (Phi) is 4.74. The third-order valence-electron chi connectivity index (χ3n) is 4.85. The molecule has 1 saturated carbocycles. The van der Waals surface area contributed by atoms with E-state index in [1.54, 1.807) is 18.2 Å². The summed E-state index contributed by atoms with van der Waals surface area (Å²) in [6.45, 7) is 0.453. The molecule has 0 spiro atoms. The number of ether oxygens (including phenoxy) is 1.